The SMILES string of the molecule is CC.CCN1CC2(CNCCO2)C1. The van der Waals surface area contributed by atoms with Crippen molar-refractivity contribution in [1.82, 2.24) is 10.2 Å². The summed E-state index contributed by atoms with van der Waals surface area (Å²) >= 11 is 0. The van der Waals surface area contributed by atoms with E-state index in [-0.39, 0.29) is 5.60 Å². The second-order valence-corrected chi connectivity index (χ2v) is 3.51. The summed E-state index contributed by atoms with van der Waals surface area (Å²) in [4.78, 5) is 2.41. The van der Waals surface area contributed by atoms with E-state index in [0.717, 1.165) is 39.3 Å². The van der Waals surface area contributed by atoms with Crippen molar-refractivity contribution in [1.29, 1.82) is 0 Å². The van der Waals surface area contributed by atoms with Gasteiger partial charge in [-0.05, 0) is 6.54 Å². The minimum atomic E-state index is 0.189. The molecule has 2 fully saturated rings. The quantitative estimate of drug-likeness (QED) is 0.652. The number of morpholine rings is 1. The number of likely N-dealkylation sites (N-methyl/N-ethyl adjacent to an activating group) is 1. The summed E-state index contributed by atoms with van der Waals surface area (Å²) in [6, 6.07) is 0. The molecule has 2 saturated heterocycles. The van der Waals surface area contributed by atoms with E-state index in [0.29, 0.717) is 0 Å². The Bertz CT molecular complexity index is 136. The lowest BCUT2D eigenvalue weighted by molar-refractivity contribution is -0.154. The van der Waals surface area contributed by atoms with Gasteiger partial charge in [-0.3, -0.25) is 4.90 Å². The van der Waals surface area contributed by atoms with Crippen molar-refractivity contribution in [3.63, 3.8) is 0 Å². The Morgan fingerprint density at radius 1 is 1.38 bits per heavy atom. The third-order valence-corrected chi connectivity index (χ3v) is 2.60. The van der Waals surface area contributed by atoms with Gasteiger partial charge in [0.2, 0.25) is 0 Å². The van der Waals surface area contributed by atoms with Crippen LogP contribution in [0.4, 0.5) is 0 Å². The number of hydrogen-bond acceptors (Lipinski definition) is 3. The Hall–Kier alpha value is -0.120. The predicted octanol–water partition coefficient (Wildman–Crippen LogP) is 0.707. The smallest absolute Gasteiger partial charge is 0.106 e. The van der Waals surface area contributed by atoms with Gasteiger partial charge >= 0.3 is 0 Å². The third kappa shape index (κ3) is 2.42. The first kappa shape index (κ1) is 11.0. The van der Waals surface area contributed by atoms with E-state index in [4.69, 9.17) is 4.74 Å². The summed E-state index contributed by atoms with van der Waals surface area (Å²) in [5.41, 5.74) is 0.189. The first-order valence-electron chi connectivity index (χ1n) is 5.42. The maximum absolute atomic E-state index is 5.73. The Morgan fingerprint density at radius 2 is 2.08 bits per heavy atom. The minimum absolute atomic E-state index is 0.189. The van der Waals surface area contributed by atoms with Gasteiger partial charge in [-0.2, -0.15) is 0 Å². The highest BCUT2D eigenvalue weighted by molar-refractivity contribution is 4.99. The molecule has 0 unspecified atom stereocenters. The molecule has 78 valence electrons. The summed E-state index contributed by atoms with van der Waals surface area (Å²) in [5, 5.41) is 3.37. The summed E-state index contributed by atoms with van der Waals surface area (Å²) in [7, 11) is 0. The third-order valence-electron chi connectivity index (χ3n) is 2.60. The summed E-state index contributed by atoms with van der Waals surface area (Å²) < 4.78 is 5.73. The van der Waals surface area contributed by atoms with Crippen LogP contribution in [-0.2, 0) is 4.74 Å². The van der Waals surface area contributed by atoms with E-state index in [1.54, 1.807) is 0 Å². The Kier molecular flexibility index (Phi) is 4.16. The molecule has 0 bridgehead atoms. The van der Waals surface area contributed by atoms with Crippen LogP contribution in [0.2, 0.25) is 0 Å². The molecule has 2 aliphatic rings. The first-order valence-corrected chi connectivity index (χ1v) is 5.42. The number of ether oxygens (including phenoxy) is 1. The largest absolute Gasteiger partial charge is 0.370 e. The zero-order chi connectivity index (χ0) is 9.73. The fraction of sp³-hybridized carbons (Fsp3) is 1.00. The molecular formula is C10H22N2O. The summed E-state index contributed by atoms with van der Waals surface area (Å²) in [6.45, 7) is 12.6. The van der Waals surface area contributed by atoms with Crippen molar-refractivity contribution in [2.45, 2.75) is 26.4 Å². The van der Waals surface area contributed by atoms with E-state index in [9.17, 15) is 0 Å². The first-order chi connectivity index (χ1) is 6.35. The van der Waals surface area contributed by atoms with Gasteiger partial charge in [-0.1, -0.05) is 20.8 Å². The molecular weight excluding hydrogens is 164 g/mol. The van der Waals surface area contributed by atoms with Crippen molar-refractivity contribution in [3.05, 3.63) is 0 Å². The molecule has 3 nitrogen and oxygen atoms in total. The summed E-state index contributed by atoms with van der Waals surface area (Å²) in [6.07, 6.45) is 0. The molecule has 0 aliphatic carbocycles. The highest BCUT2D eigenvalue weighted by Crippen LogP contribution is 2.25. The van der Waals surface area contributed by atoms with Gasteiger partial charge in [0.25, 0.3) is 0 Å². The van der Waals surface area contributed by atoms with Crippen molar-refractivity contribution in [2.24, 2.45) is 0 Å². The fourth-order valence-electron chi connectivity index (χ4n) is 1.90. The molecule has 1 N–H and O–H groups in total. The highest BCUT2D eigenvalue weighted by Gasteiger charge is 2.44. The molecule has 0 atom stereocenters. The zero-order valence-electron chi connectivity index (χ0n) is 9.10. The van der Waals surface area contributed by atoms with E-state index in [2.05, 4.69) is 17.1 Å². The number of nitrogens with zero attached hydrogens (tertiary/aromatic N) is 1. The van der Waals surface area contributed by atoms with E-state index in [1.165, 1.54) is 0 Å². The van der Waals surface area contributed by atoms with Crippen LogP contribution in [0.25, 0.3) is 0 Å². The van der Waals surface area contributed by atoms with Gasteiger partial charge < -0.3 is 10.1 Å². The van der Waals surface area contributed by atoms with Crippen LogP contribution in [0.1, 0.15) is 20.8 Å². The summed E-state index contributed by atoms with van der Waals surface area (Å²) in [5.74, 6) is 0. The van der Waals surface area contributed by atoms with Crippen LogP contribution >= 0.6 is 0 Å². The van der Waals surface area contributed by atoms with Crippen LogP contribution in [-0.4, -0.2) is 49.8 Å². The molecule has 0 aromatic rings. The molecule has 2 rings (SSSR count). The molecule has 1 spiro atoms. The topological polar surface area (TPSA) is 24.5 Å². The average Bonchev–Trinajstić information content (AvgIpc) is 2.18. The molecule has 2 aliphatic heterocycles. The Labute approximate surface area is 81.4 Å². The number of hydrogen-bond donors (Lipinski definition) is 1. The zero-order valence-corrected chi connectivity index (χ0v) is 9.10. The van der Waals surface area contributed by atoms with E-state index >= 15 is 0 Å². The average molecular weight is 186 g/mol. The van der Waals surface area contributed by atoms with Crippen molar-refractivity contribution < 1.29 is 4.74 Å². The second kappa shape index (κ2) is 4.94. The molecule has 13 heavy (non-hydrogen) atoms. The lowest BCUT2D eigenvalue weighted by Crippen LogP contribution is -2.69. The van der Waals surface area contributed by atoms with Crippen LogP contribution in [0, 0.1) is 0 Å². The highest BCUT2D eigenvalue weighted by atomic mass is 16.5. The molecule has 0 amide bonds. The van der Waals surface area contributed by atoms with Gasteiger partial charge in [0.15, 0.2) is 0 Å². The maximum atomic E-state index is 5.73. The number of likely N-dealkylation sites (tertiary alicyclic amines) is 1. The molecule has 0 saturated carbocycles. The van der Waals surface area contributed by atoms with Crippen molar-refractivity contribution in [2.75, 3.05) is 39.3 Å². The number of nitrogens with one attached hydrogen (secondary N) is 1. The van der Waals surface area contributed by atoms with Gasteiger partial charge in [0, 0.05) is 26.2 Å². The minimum Gasteiger partial charge on any atom is -0.370 e. The van der Waals surface area contributed by atoms with Crippen molar-refractivity contribution >= 4 is 0 Å². The van der Waals surface area contributed by atoms with Crippen molar-refractivity contribution in [3.8, 4) is 0 Å². The molecule has 0 aromatic carbocycles. The van der Waals surface area contributed by atoms with Gasteiger partial charge in [0.1, 0.15) is 5.60 Å². The van der Waals surface area contributed by atoms with Crippen LogP contribution < -0.4 is 5.32 Å². The van der Waals surface area contributed by atoms with Crippen LogP contribution in [0.15, 0.2) is 0 Å². The lowest BCUT2D eigenvalue weighted by atomic mass is 9.93. The van der Waals surface area contributed by atoms with Gasteiger partial charge in [-0.25, -0.2) is 0 Å². The molecule has 3 heteroatoms. The number of rotatable bonds is 1. The van der Waals surface area contributed by atoms with E-state index < -0.39 is 0 Å². The standard InChI is InChI=1S/C8H16N2O.C2H6/c1-2-10-6-8(7-10)5-9-3-4-11-8;1-2/h9H,2-7H2,1H3;1-2H3. The lowest BCUT2D eigenvalue weighted by Gasteiger charge is -2.51. The van der Waals surface area contributed by atoms with Crippen LogP contribution in [0.3, 0.4) is 0 Å². The van der Waals surface area contributed by atoms with Gasteiger partial charge in [0.05, 0.1) is 6.61 Å². The molecule has 0 aromatic heterocycles. The molecule has 2 heterocycles. The normalized spacial score (nSPS) is 26.1. The monoisotopic (exact) mass is 186 g/mol. The van der Waals surface area contributed by atoms with Gasteiger partial charge in [-0.15, -0.1) is 0 Å². The maximum Gasteiger partial charge on any atom is 0.106 e. The molecule has 0 radical (unpaired) electrons. The Morgan fingerprint density at radius 3 is 2.54 bits per heavy atom. The van der Waals surface area contributed by atoms with Crippen LogP contribution in [0.5, 0.6) is 0 Å². The second-order valence-electron chi connectivity index (χ2n) is 3.51. The predicted molar refractivity (Wildman–Crippen MR) is 55.0 cm³/mol. The fourth-order valence-corrected chi connectivity index (χ4v) is 1.90. The Balaban J connectivity index is 0.000000396. The van der Waals surface area contributed by atoms with E-state index in [1.807, 2.05) is 13.8 Å².